The van der Waals surface area contributed by atoms with Crippen LogP contribution in [0.25, 0.3) is 11.3 Å². The minimum atomic E-state index is -0.0696. The summed E-state index contributed by atoms with van der Waals surface area (Å²) in [6.07, 6.45) is 4.71. The molecule has 2 heterocycles. The van der Waals surface area contributed by atoms with Gasteiger partial charge in [-0.25, -0.2) is 4.98 Å². The molecule has 0 aliphatic heterocycles. The number of nitrogens with zero attached hydrogens (tertiary/aromatic N) is 3. The second-order valence-electron chi connectivity index (χ2n) is 2.91. The molecule has 0 bridgehead atoms. The molecule has 0 fully saturated rings. The highest BCUT2D eigenvalue weighted by atomic mass is 32.1. The van der Waals surface area contributed by atoms with Crippen LogP contribution >= 0.6 is 11.3 Å². The van der Waals surface area contributed by atoms with E-state index in [0.717, 1.165) is 0 Å². The first-order chi connectivity index (χ1) is 7.83. The van der Waals surface area contributed by atoms with Crippen LogP contribution in [0.1, 0.15) is 10.6 Å². The molecular formula is C11H7N3OS. The average molecular weight is 229 g/mol. The van der Waals surface area contributed by atoms with Gasteiger partial charge in [0.15, 0.2) is 0 Å². The third-order valence-electron chi connectivity index (χ3n) is 1.95. The van der Waals surface area contributed by atoms with Crippen molar-refractivity contribution < 1.29 is 5.11 Å². The van der Waals surface area contributed by atoms with Gasteiger partial charge in [-0.15, -0.1) is 11.3 Å². The Hall–Kier alpha value is -2.19. The molecule has 1 N–H and O–H groups in total. The second-order valence-corrected chi connectivity index (χ2v) is 3.80. The molecule has 2 aromatic heterocycles. The molecule has 0 aromatic carbocycles. The summed E-state index contributed by atoms with van der Waals surface area (Å²) in [6.45, 7) is 0. The van der Waals surface area contributed by atoms with Crippen LogP contribution in [0.3, 0.4) is 0 Å². The second kappa shape index (κ2) is 4.55. The average Bonchev–Trinajstić information content (AvgIpc) is 2.85. The number of aromatic nitrogens is 2. The molecule has 4 nitrogen and oxygen atoms in total. The molecule has 2 aromatic rings. The van der Waals surface area contributed by atoms with Gasteiger partial charge < -0.3 is 5.11 Å². The van der Waals surface area contributed by atoms with Crippen molar-refractivity contribution in [3.8, 4) is 6.07 Å². The van der Waals surface area contributed by atoms with E-state index in [2.05, 4.69) is 9.97 Å². The van der Waals surface area contributed by atoms with E-state index in [1.807, 2.05) is 6.07 Å². The molecule has 78 valence electrons. The summed E-state index contributed by atoms with van der Waals surface area (Å²) in [4.78, 5) is 7.84. The van der Waals surface area contributed by atoms with Crippen LogP contribution in [0, 0.1) is 11.3 Å². The normalized spacial score (nSPS) is 11.7. The molecule has 0 radical (unpaired) electrons. The van der Waals surface area contributed by atoms with Gasteiger partial charge in [-0.05, 0) is 12.1 Å². The van der Waals surface area contributed by atoms with Crippen LogP contribution in [-0.2, 0) is 0 Å². The van der Waals surface area contributed by atoms with Gasteiger partial charge >= 0.3 is 0 Å². The van der Waals surface area contributed by atoms with E-state index in [1.54, 1.807) is 36.1 Å². The van der Waals surface area contributed by atoms with Crippen LogP contribution in [-0.4, -0.2) is 15.1 Å². The van der Waals surface area contributed by atoms with Crippen molar-refractivity contribution in [2.75, 3.05) is 0 Å². The van der Waals surface area contributed by atoms with Crippen molar-refractivity contribution in [1.82, 2.24) is 9.97 Å². The van der Waals surface area contributed by atoms with Crippen molar-refractivity contribution in [1.29, 1.82) is 5.26 Å². The summed E-state index contributed by atoms with van der Waals surface area (Å²) < 4.78 is 0. The van der Waals surface area contributed by atoms with Gasteiger partial charge in [0.2, 0.25) is 0 Å². The number of aliphatic hydroxyl groups is 1. The van der Waals surface area contributed by atoms with Crippen LogP contribution in [0.2, 0.25) is 0 Å². The van der Waals surface area contributed by atoms with Crippen LogP contribution in [0.4, 0.5) is 0 Å². The smallest absolute Gasteiger partial charge is 0.143 e. The molecule has 0 aliphatic rings. The zero-order valence-corrected chi connectivity index (χ0v) is 8.98. The molecule has 0 amide bonds. The fourth-order valence-electron chi connectivity index (χ4n) is 1.20. The van der Waals surface area contributed by atoms with E-state index >= 15 is 0 Å². The minimum absolute atomic E-state index is 0.0696. The van der Waals surface area contributed by atoms with Gasteiger partial charge in [0.05, 0.1) is 0 Å². The maximum atomic E-state index is 9.95. The van der Waals surface area contributed by atoms with E-state index in [-0.39, 0.29) is 11.3 Å². The zero-order chi connectivity index (χ0) is 11.4. The highest BCUT2D eigenvalue weighted by Crippen LogP contribution is 2.24. The third kappa shape index (κ3) is 1.92. The predicted octanol–water partition coefficient (Wildman–Crippen LogP) is 2.49. The Morgan fingerprint density at radius 1 is 1.31 bits per heavy atom. The Morgan fingerprint density at radius 3 is 2.62 bits per heavy atom. The quantitative estimate of drug-likeness (QED) is 0.634. The summed E-state index contributed by atoms with van der Waals surface area (Å²) in [5.74, 6) is -0.0696. The SMILES string of the molecule is N#CC(=C(O)c1ccncc1)c1nccs1. The van der Waals surface area contributed by atoms with E-state index in [1.165, 1.54) is 11.3 Å². The molecule has 0 spiro atoms. The highest BCUT2D eigenvalue weighted by molar-refractivity contribution is 7.10. The highest BCUT2D eigenvalue weighted by Gasteiger charge is 2.12. The maximum Gasteiger partial charge on any atom is 0.143 e. The van der Waals surface area contributed by atoms with E-state index in [0.29, 0.717) is 10.6 Å². The Kier molecular flexibility index (Phi) is 2.94. The molecule has 16 heavy (non-hydrogen) atoms. The summed E-state index contributed by atoms with van der Waals surface area (Å²) in [5.41, 5.74) is 0.739. The van der Waals surface area contributed by atoms with Gasteiger partial charge in [0.25, 0.3) is 0 Å². The monoisotopic (exact) mass is 229 g/mol. The number of hydrogen-bond acceptors (Lipinski definition) is 5. The first kappa shape index (κ1) is 10.3. The molecule has 0 saturated carbocycles. The fourth-order valence-corrected chi connectivity index (χ4v) is 1.84. The lowest BCUT2D eigenvalue weighted by Crippen LogP contribution is -1.89. The Balaban J connectivity index is 2.52. The number of pyridine rings is 1. The maximum absolute atomic E-state index is 9.95. The van der Waals surface area contributed by atoms with Crippen molar-refractivity contribution in [2.24, 2.45) is 0 Å². The zero-order valence-electron chi connectivity index (χ0n) is 8.16. The lowest BCUT2D eigenvalue weighted by molar-refractivity contribution is 0.514. The standard InChI is InChI=1S/C11H7N3OS/c12-7-9(11-14-5-6-16-11)10(15)8-1-3-13-4-2-8/h1-6,15H. The molecular weight excluding hydrogens is 222 g/mol. The predicted molar refractivity (Wildman–Crippen MR) is 61.4 cm³/mol. The molecule has 0 atom stereocenters. The van der Waals surface area contributed by atoms with Crippen molar-refractivity contribution in [3.05, 3.63) is 46.7 Å². The van der Waals surface area contributed by atoms with Crippen molar-refractivity contribution in [2.45, 2.75) is 0 Å². The molecule has 0 saturated heterocycles. The Labute approximate surface area is 96.2 Å². The third-order valence-corrected chi connectivity index (χ3v) is 2.74. The first-order valence-corrected chi connectivity index (χ1v) is 5.34. The molecule has 2 rings (SSSR count). The fraction of sp³-hybridized carbons (Fsp3) is 0. The lowest BCUT2D eigenvalue weighted by Gasteiger charge is -2.01. The molecule has 0 aliphatic carbocycles. The number of allylic oxidation sites excluding steroid dienone is 1. The number of nitriles is 1. The van der Waals surface area contributed by atoms with Crippen LogP contribution < -0.4 is 0 Å². The Bertz CT molecular complexity index is 540. The van der Waals surface area contributed by atoms with Gasteiger partial charge in [0, 0.05) is 29.5 Å². The summed E-state index contributed by atoms with van der Waals surface area (Å²) in [6, 6.07) is 5.24. The van der Waals surface area contributed by atoms with Gasteiger partial charge in [-0.1, -0.05) is 0 Å². The molecule has 5 heteroatoms. The largest absolute Gasteiger partial charge is 0.506 e. The lowest BCUT2D eigenvalue weighted by atomic mass is 10.1. The number of thiazole rings is 1. The summed E-state index contributed by atoms with van der Waals surface area (Å²) >= 11 is 1.31. The van der Waals surface area contributed by atoms with Gasteiger partial charge in [-0.2, -0.15) is 5.26 Å². The number of aliphatic hydroxyl groups excluding tert-OH is 1. The number of rotatable bonds is 2. The van der Waals surface area contributed by atoms with Gasteiger partial charge in [0.1, 0.15) is 22.4 Å². The summed E-state index contributed by atoms with van der Waals surface area (Å²) in [7, 11) is 0. The van der Waals surface area contributed by atoms with E-state index in [9.17, 15) is 5.11 Å². The van der Waals surface area contributed by atoms with Crippen molar-refractivity contribution >= 4 is 22.7 Å². The minimum Gasteiger partial charge on any atom is -0.506 e. The Morgan fingerprint density at radius 2 is 2.06 bits per heavy atom. The van der Waals surface area contributed by atoms with Crippen LogP contribution in [0.15, 0.2) is 36.1 Å². The topological polar surface area (TPSA) is 69.8 Å². The van der Waals surface area contributed by atoms with Crippen molar-refractivity contribution in [3.63, 3.8) is 0 Å². The van der Waals surface area contributed by atoms with E-state index < -0.39 is 0 Å². The first-order valence-electron chi connectivity index (χ1n) is 4.46. The summed E-state index contributed by atoms with van der Waals surface area (Å²) in [5, 5.41) is 21.2. The molecule has 0 unspecified atom stereocenters. The van der Waals surface area contributed by atoms with Crippen LogP contribution in [0.5, 0.6) is 0 Å². The number of hydrogen-bond donors (Lipinski definition) is 1. The van der Waals surface area contributed by atoms with E-state index in [4.69, 9.17) is 5.26 Å². The van der Waals surface area contributed by atoms with Gasteiger partial charge in [-0.3, -0.25) is 4.98 Å².